The fourth-order valence-electron chi connectivity index (χ4n) is 3.02. The van der Waals surface area contributed by atoms with Gasteiger partial charge in [0.15, 0.2) is 0 Å². The number of nitrogens with zero attached hydrogens (tertiary/aromatic N) is 1. The van der Waals surface area contributed by atoms with Gasteiger partial charge in [-0.1, -0.05) is 66.7 Å². The van der Waals surface area contributed by atoms with E-state index in [1.165, 1.54) is 13.3 Å². The third kappa shape index (κ3) is 5.58. The van der Waals surface area contributed by atoms with Crippen molar-refractivity contribution in [1.29, 1.82) is 5.26 Å². The average Bonchev–Trinajstić information content (AvgIpc) is 2.83. The Balaban J connectivity index is 1.80. The van der Waals surface area contributed by atoms with Crippen molar-refractivity contribution in [3.8, 4) is 6.07 Å². The number of rotatable bonds is 7. The second-order valence-corrected chi connectivity index (χ2v) is 6.61. The molecule has 0 atom stereocenters. The molecule has 31 heavy (non-hydrogen) atoms. The van der Waals surface area contributed by atoms with Crippen LogP contribution in [-0.2, 0) is 9.53 Å². The lowest BCUT2D eigenvalue weighted by molar-refractivity contribution is -0.117. The highest BCUT2D eigenvalue weighted by molar-refractivity contribution is 5.98. The number of ether oxygens (including phenoxy) is 1. The Bertz CT molecular complexity index is 1080. The van der Waals surface area contributed by atoms with Crippen LogP contribution in [0.5, 0.6) is 0 Å². The number of nitrogens with one attached hydrogen (secondary N) is 2. The van der Waals surface area contributed by atoms with Gasteiger partial charge in [0.25, 0.3) is 5.91 Å². The van der Waals surface area contributed by atoms with E-state index in [0.717, 1.165) is 11.1 Å². The molecule has 154 valence electrons. The van der Waals surface area contributed by atoms with E-state index in [-0.39, 0.29) is 5.57 Å². The topological polar surface area (TPSA) is 91.2 Å². The van der Waals surface area contributed by atoms with Gasteiger partial charge in [0.2, 0.25) is 0 Å². The summed E-state index contributed by atoms with van der Waals surface area (Å²) in [7, 11) is 1.30. The molecule has 0 aliphatic carbocycles. The third-order valence-electron chi connectivity index (χ3n) is 4.57. The maximum Gasteiger partial charge on any atom is 0.337 e. The van der Waals surface area contributed by atoms with Crippen LogP contribution in [0.3, 0.4) is 0 Å². The van der Waals surface area contributed by atoms with E-state index >= 15 is 0 Å². The minimum absolute atomic E-state index is 0.0969. The second-order valence-electron chi connectivity index (χ2n) is 6.61. The Hall–Kier alpha value is -4.37. The molecule has 6 heteroatoms. The van der Waals surface area contributed by atoms with E-state index in [1.54, 1.807) is 24.3 Å². The van der Waals surface area contributed by atoms with Crippen LogP contribution in [0.4, 0.5) is 5.69 Å². The molecule has 6 nitrogen and oxygen atoms in total. The van der Waals surface area contributed by atoms with Gasteiger partial charge in [-0.05, 0) is 29.3 Å². The van der Waals surface area contributed by atoms with E-state index in [0.29, 0.717) is 11.3 Å². The number of esters is 1. The summed E-state index contributed by atoms with van der Waals surface area (Å²) in [5.41, 5.74) is 2.61. The molecule has 0 bridgehead atoms. The Morgan fingerprint density at radius 2 is 1.55 bits per heavy atom. The minimum Gasteiger partial charge on any atom is -0.465 e. The molecule has 0 aliphatic rings. The van der Waals surface area contributed by atoms with Gasteiger partial charge in [-0.3, -0.25) is 4.79 Å². The van der Waals surface area contributed by atoms with Crippen LogP contribution in [0.2, 0.25) is 0 Å². The Morgan fingerprint density at radius 1 is 0.935 bits per heavy atom. The summed E-state index contributed by atoms with van der Waals surface area (Å²) >= 11 is 0. The monoisotopic (exact) mass is 411 g/mol. The van der Waals surface area contributed by atoms with Crippen molar-refractivity contribution in [2.24, 2.45) is 0 Å². The van der Waals surface area contributed by atoms with Gasteiger partial charge in [0.05, 0.1) is 18.7 Å². The zero-order valence-electron chi connectivity index (χ0n) is 16.9. The number of carbonyl (C=O) groups is 2. The van der Waals surface area contributed by atoms with Crippen LogP contribution in [0.15, 0.2) is 96.7 Å². The van der Waals surface area contributed by atoms with Crippen LogP contribution in [0, 0.1) is 11.3 Å². The SMILES string of the molecule is COC(=O)c1cccc(N/C=C(/C#N)C(=O)NC(c2ccccc2)c2ccccc2)c1. The Labute approximate surface area is 180 Å². The Morgan fingerprint density at radius 3 is 2.10 bits per heavy atom. The van der Waals surface area contributed by atoms with Crippen molar-refractivity contribution >= 4 is 17.6 Å². The fourth-order valence-corrected chi connectivity index (χ4v) is 3.02. The molecule has 0 heterocycles. The van der Waals surface area contributed by atoms with Gasteiger partial charge >= 0.3 is 5.97 Å². The van der Waals surface area contributed by atoms with E-state index in [9.17, 15) is 14.9 Å². The highest BCUT2D eigenvalue weighted by atomic mass is 16.5. The molecule has 0 spiro atoms. The summed E-state index contributed by atoms with van der Waals surface area (Å²) < 4.78 is 4.71. The minimum atomic E-state index is -0.517. The number of carbonyl (C=O) groups excluding carboxylic acids is 2. The quantitative estimate of drug-likeness (QED) is 0.345. The van der Waals surface area contributed by atoms with E-state index in [1.807, 2.05) is 66.7 Å². The lowest BCUT2D eigenvalue weighted by atomic mass is 9.98. The van der Waals surface area contributed by atoms with Crippen molar-refractivity contribution in [3.63, 3.8) is 0 Å². The zero-order valence-corrected chi connectivity index (χ0v) is 16.9. The predicted octanol–water partition coefficient (Wildman–Crippen LogP) is 4.20. The molecule has 0 fully saturated rings. The van der Waals surface area contributed by atoms with E-state index in [2.05, 4.69) is 10.6 Å². The summed E-state index contributed by atoms with van der Waals surface area (Å²) in [5, 5.41) is 15.3. The molecule has 0 aliphatic heterocycles. The van der Waals surface area contributed by atoms with Crippen molar-refractivity contribution in [2.75, 3.05) is 12.4 Å². The molecule has 0 unspecified atom stereocenters. The summed E-state index contributed by atoms with van der Waals surface area (Å²) in [6, 6.07) is 27.2. The molecular formula is C25H21N3O3. The molecule has 3 aromatic rings. The molecule has 0 saturated carbocycles. The Kier molecular flexibility index (Phi) is 7.17. The first-order valence-corrected chi connectivity index (χ1v) is 9.58. The highest BCUT2D eigenvalue weighted by Crippen LogP contribution is 2.22. The molecule has 2 N–H and O–H groups in total. The molecule has 1 amide bonds. The largest absolute Gasteiger partial charge is 0.465 e. The molecule has 3 aromatic carbocycles. The van der Waals surface area contributed by atoms with Gasteiger partial charge in [0, 0.05) is 11.9 Å². The van der Waals surface area contributed by atoms with Crippen LogP contribution >= 0.6 is 0 Å². The van der Waals surface area contributed by atoms with Gasteiger partial charge in [-0.15, -0.1) is 0 Å². The summed E-state index contributed by atoms with van der Waals surface area (Å²) in [5.74, 6) is -0.990. The molecular weight excluding hydrogens is 390 g/mol. The lowest BCUT2D eigenvalue weighted by Crippen LogP contribution is -2.30. The van der Waals surface area contributed by atoms with Crippen molar-refractivity contribution in [2.45, 2.75) is 6.04 Å². The van der Waals surface area contributed by atoms with Crippen LogP contribution < -0.4 is 10.6 Å². The number of methoxy groups -OCH3 is 1. The highest BCUT2D eigenvalue weighted by Gasteiger charge is 2.19. The normalized spacial score (nSPS) is 10.8. The van der Waals surface area contributed by atoms with Crippen molar-refractivity contribution in [3.05, 3.63) is 113 Å². The number of anilines is 1. The zero-order chi connectivity index (χ0) is 22.1. The summed E-state index contributed by atoms with van der Waals surface area (Å²) in [6.45, 7) is 0. The van der Waals surface area contributed by atoms with Gasteiger partial charge < -0.3 is 15.4 Å². The number of benzene rings is 3. The van der Waals surface area contributed by atoms with E-state index in [4.69, 9.17) is 4.74 Å². The standard InChI is InChI=1S/C25H21N3O3/c1-31-25(30)20-13-8-14-22(15-20)27-17-21(16-26)24(29)28-23(18-9-4-2-5-10-18)19-11-6-3-7-12-19/h2-15,17,23,27H,1H3,(H,28,29)/b21-17-. The fraction of sp³-hybridized carbons (Fsp3) is 0.0800. The third-order valence-corrected chi connectivity index (χ3v) is 4.57. The molecule has 0 saturated heterocycles. The second kappa shape index (κ2) is 10.4. The average molecular weight is 411 g/mol. The van der Waals surface area contributed by atoms with Crippen LogP contribution in [-0.4, -0.2) is 19.0 Å². The summed E-state index contributed by atoms with van der Waals surface area (Å²) in [6.07, 6.45) is 1.32. The first-order chi connectivity index (χ1) is 15.1. The van der Waals surface area contributed by atoms with Crippen molar-refractivity contribution < 1.29 is 14.3 Å². The van der Waals surface area contributed by atoms with Gasteiger partial charge in [0.1, 0.15) is 11.6 Å². The van der Waals surface area contributed by atoms with Crippen LogP contribution in [0.1, 0.15) is 27.5 Å². The molecule has 0 aromatic heterocycles. The van der Waals surface area contributed by atoms with E-state index < -0.39 is 17.9 Å². The predicted molar refractivity (Wildman–Crippen MR) is 118 cm³/mol. The smallest absolute Gasteiger partial charge is 0.337 e. The van der Waals surface area contributed by atoms with Gasteiger partial charge in [-0.25, -0.2) is 4.79 Å². The molecule has 0 radical (unpaired) electrons. The first kappa shape index (κ1) is 21.3. The first-order valence-electron chi connectivity index (χ1n) is 9.58. The maximum atomic E-state index is 12.9. The summed E-state index contributed by atoms with van der Waals surface area (Å²) in [4.78, 5) is 24.5. The van der Waals surface area contributed by atoms with Gasteiger partial charge in [-0.2, -0.15) is 5.26 Å². The molecule has 3 rings (SSSR count). The number of nitriles is 1. The number of amides is 1. The van der Waals surface area contributed by atoms with Crippen molar-refractivity contribution in [1.82, 2.24) is 5.32 Å². The maximum absolute atomic E-state index is 12.9. The number of hydrogen-bond acceptors (Lipinski definition) is 5. The number of hydrogen-bond donors (Lipinski definition) is 2. The lowest BCUT2D eigenvalue weighted by Gasteiger charge is -2.19. The van der Waals surface area contributed by atoms with Crippen LogP contribution in [0.25, 0.3) is 0 Å².